The Kier molecular flexibility index (Phi) is 5.52. The standard InChI is InChI=1S/C15H22Cl2N2/c1-2-11-6-8-19(9-7-11)14(10-18)15-12(16)4-3-5-13(15)17/h3-5,11,14H,2,6-10,18H2,1H3. The van der Waals surface area contributed by atoms with E-state index in [0.717, 1.165) is 34.6 Å². The third-order valence-corrected chi connectivity index (χ3v) is 4.88. The summed E-state index contributed by atoms with van der Waals surface area (Å²) in [6.07, 6.45) is 3.76. The van der Waals surface area contributed by atoms with Gasteiger partial charge in [0.25, 0.3) is 0 Å². The summed E-state index contributed by atoms with van der Waals surface area (Å²) in [6, 6.07) is 5.80. The van der Waals surface area contributed by atoms with Crippen LogP contribution in [0, 0.1) is 5.92 Å². The molecule has 0 aliphatic carbocycles. The summed E-state index contributed by atoms with van der Waals surface area (Å²) in [7, 11) is 0. The van der Waals surface area contributed by atoms with E-state index in [1.54, 1.807) is 0 Å². The van der Waals surface area contributed by atoms with Gasteiger partial charge >= 0.3 is 0 Å². The molecular weight excluding hydrogens is 279 g/mol. The number of piperidine rings is 1. The molecule has 1 aliphatic heterocycles. The van der Waals surface area contributed by atoms with Crippen LogP contribution >= 0.6 is 23.2 Å². The van der Waals surface area contributed by atoms with Gasteiger partial charge in [-0.1, -0.05) is 42.6 Å². The Morgan fingerprint density at radius 1 is 1.26 bits per heavy atom. The molecule has 0 amide bonds. The highest BCUT2D eigenvalue weighted by Gasteiger charge is 2.27. The lowest BCUT2D eigenvalue weighted by molar-refractivity contribution is 0.134. The molecule has 1 atom stereocenters. The van der Waals surface area contributed by atoms with Crippen molar-refractivity contribution in [3.63, 3.8) is 0 Å². The first-order chi connectivity index (χ1) is 9.17. The maximum atomic E-state index is 6.31. The van der Waals surface area contributed by atoms with E-state index < -0.39 is 0 Å². The molecule has 1 aromatic rings. The molecule has 1 saturated heterocycles. The molecule has 0 saturated carbocycles. The summed E-state index contributed by atoms with van der Waals surface area (Å²) in [4.78, 5) is 2.43. The van der Waals surface area contributed by atoms with Crippen LogP contribution in [0.25, 0.3) is 0 Å². The monoisotopic (exact) mass is 300 g/mol. The Labute approximate surface area is 125 Å². The Hall–Kier alpha value is -0.280. The Morgan fingerprint density at radius 3 is 2.32 bits per heavy atom. The van der Waals surface area contributed by atoms with Crippen molar-refractivity contribution in [2.24, 2.45) is 11.7 Å². The topological polar surface area (TPSA) is 29.3 Å². The van der Waals surface area contributed by atoms with Crippen LogP contribution in [0.15, 0.2) is 18.2 Å². The number of nitrogens with two attached hydrogens (primary N) is 1. The van der Waals surface area contributed by atoms with Crippen LogP contribution in [0.2, 0.25) is 10.0 Å². The summed E-state index contributed by atoms with van der Waals surface area (Å²) < 4.78 is 0. The molecule has 106 valence electrons. The first kappa shape index (κ1) is 15.1. The smallest absolute Gasteiger partial charge is 0.0500 e. The third-order valence-electron chi connectivity index (χ3n) is 4.22. The summed E-state index contributed by atoms with van der Waals surface area (Å²) in [5.41, 5.74) is 6.97. The van der Waals surface area contributed by atoms with Gasteiger partial charge in [-0.25, -0.2) is 0 Å². The van der Waals surface area contributed by atoms with Crippen molar-refractivity contribution in [2.45, 2.75) is 32.2 Å². The van der Waals surface area contributed by atoms with E-state index in [4.69, 9.17) is 28.9 Å². The second-order valence-corrected chi connectivity index (χ2v) is 6.09. The lowest BCUT2D eigenvalue weighted by Gasteiger charge is -2.37. The van der Waals surface area contributed by atoms with Gasteiger partial charge in [0, 0.05) is 28.2 Å². The fraction of sp³-hybridized carbons (Fsp3) is 0.600. The predicted molar refractivity (Wildman–Crippen MR) is 82.8 cm³/mol. The number of likely N-dealkylation sites (tertiary alicyclic amines) is 1. The van der Waals surface area contributed by atoms with E-state index >= 15 is 0 Å². The molecule has 1 unspecified atom stereocenters. The zero-order valence-electron chi connectivity index (χ0n) is 11.4. The number of hydrogen-bond donors (Lipinski definition) is 1. The van der Waals surface area contributed by atoms with Crippen LogP contribution in [0.1, 0.15) is 37.8 Å². The quantitative estimate of drug-likeness (QED) is 0.906. The van der Waals surface area contributed by atoms with Gasteiger partial charge in [0.15, 0.2) is 0 Å². The molecule has 1 aromatic carbocycles. The zero-order chi connectivity index (χ0) is 13.8. The molecule has 1 heterocycles. The Bertz CT molecular complexity index is 394. The minimum absolute atomic E-state index is 0.138. The first-order valence-electron chi connectivity index (χ1n) is 7.05. The third kappa shape index (κ3) is 3.43. The van der Waals surface area contributed by atoms with Crippen molar-refractivity contribution < 1.29 is 0 Å². The van der Waals surface area contributed by atoms with Gasteiger partial charge in [0.1, 0.15) is 0 Å². The molecule has 2 rings (SSSR count). The van der Waals surface area contributed by atoms with Crippen molar-refractivity contribution >= 4 is 23.2 Å². The minimum atomic E-state index is 0.138. The zero-order valence-corrected chi connectivity index (χ0v) is 12.9. The highest BCUT2D eigenvalue weighted by Crippen LogP contribution is 2.35. The minimum Gasteiger partial charge on any atom is -0.329 e. The van der Waals surface area contributed by atoms with Crippen LogP contribution in [0.3, 0.4) is 0 Å². The number of hydrogen-bond acceptors (Lipinski definition) is 2. The van der Waals surface area contributed by atoms with Gasteiger partial charge in [-0.05, 0) is 44.0 Å². The number of halogens is 2. The molecule has 0 bridgehead atoms. The van der Waals surface area contributed by atoms with Crippen molar-refractivity contribution in [1.82, 2.24) is 4.90 Å². The van der Waals surface area contributed by atoms with E-state index in [0.29, 0.717) is 6.54 Å². The molecule has 4 heteroatoms. The van der Waals surface area contributed by atoms with Crippen molar-refractivity contribution in [3.05, 3.63) is 33.8 Å². The number of nitrogens with zero attached hydrogens (tertiary/aromatic N) is 1. The van der Waals surface area contributed by atoms with Crippen LogP contribution in [-0.4, -0.2) is 24.5 Å². The highest BCUT2D eigenvalue weighted by molar-refractivity contribution is 6.36. The van der Waals surface area contributed by atoms with E-state index in [9.17, 15) is 0 Å². The molecule has 0 spiro atoms. The van der Waals surface area contributed by atoms with Gasteiger partial charge in [0.2, 0.25) is 0 Å². The van der Waals surface area contributed by atoms with Gasteiger partial charge < -0.3 is 5.73 Å². The Morgan fingerprint density at radius 2 is 1.84 bits per heavy atom. The average molecular weight is 301 g/mol. The van der Waals surface area contributed by atoms with E-state index in [1.807, 2.05) is 18.2 Å². The van der Waals surface area contributed by atoms with Gasteiger partial charge in [-0.3, -0.25) is 4.90 Å². The normalized spacial score (nSPS) is 19.6. The lowest BCUT2D eigenvalue weighted by atomic mass is 9.92. The van der Waals surface area contributed by atoms with Crippen molar-refractivity contribution in [2.75, 3.05) is 19.6 Å². The van der Waals surface area contributed by atoms with Crippen LogP contribution < -0.4 is 5.73 Å². The van der Waals surface area contributed by atoms with Crippen molar-refractivity contribution in [1.29, 1.82) is 0 Å². The lowest BCUT2D eigenvalue weighted by Crippen LogP contribution is -2.40. The summed E-state index contributed by atoms with van der Waals surface area (Å²) in [6.45, 7) is 5.00. The average Bonchev–Trinajstić information content (AvgIpc) is 2.43. The summed E-state index contributed by atoms with van der Waals surface area (Å²) >= 11 is 12.6. The highest BCUT2D eigenvalue weighted by atomic mass is 35.5. The van der Waals surface area contributed by atoms with E-state index in [2.05, 4.69) is 11.8 Å². The second kappa shape index (κ2) is 6.94. The number of rotatable bonds is 4. The maximum absolute atomic E-state index is 6.31. The second-order valence-electron chi connectivity index (χ2n) is 5.27. The van der Waals surface area contributed by atoms with Gasteiger partial charge in [-0.2, -0.15) is 0 Å². The molecule has 19 heavy (non-hydrogen) atoms. The van der Waals surface area contributed by atoms with Crippen LogP contribution in [0.4, 0.5) is 0 Å². The maximum Gasteiger partial charge on any atom is 0.0500 e. The molecule has 1 fully saturated rings. The molecule has 0 aromatic heterocycles. The fourth-order valence-electron chi connectivity index (χ4n) is 2.95. The summed E-state index contributed by atoms with van der Waals surface area (Å²) in [5.74, 6) is 0.858. The van der Waals surface area contributed by atoms with E-state index in [1.165, 1.54) is 19.3 Å². The number of benzene rings is 1. The SMILES string of the molecule is CCC1CCN(C(CN)c2c(Cl)cccc2Cl)CC1. The van der Waals surface area contributed by atoms with Crippen LogP contribution in [0.5, 0.6) is 0 Å². The predicted octanol–water partition coefficient (Wildman–Crippen LogP) is 4.12. The fourth-order valence-corrected chi connectivity index (χ4v) is 3.60. The van der Waals surface area contributed by atoms with Crippen LogP contribution in [-0.2, 0) is 0 Å². The molecule has 2 N–H and O–H groups in total. The molecule has 0 radical (unpaired) electrons. The largest absolute Gasteiger partial charge is 0.329 e. The molecular formula is C15H22Cl2N2. The van der Waals surface area contributed by atoms with Gasteiger partial charge in [-0.15, -0.1) is 0 Å². The molecule has 1 aliphatic rings. The van der Waals surface area contributed by atoms with Gasteiger partial charge in [0.05, 0.1) is 0 Å². The van der Waals surface area contributed by atoms with E-state index in [-0.39, 0.29) is 6.04 Å². The first-order valence-corrected chi connectivity index (χ1v) is 7.81. The summed E-state index contributed by atoms with van der Waals surface area (Å²) in [5, 5.41) is 1.45. The molecule has 2 nitrogen and oxygen atoms in total. The Balaban J connectivity index is 2.17. The van der Waals surface area contributed by atoms with Crippen molar-refractivity contribution in [3.8, 4) is 0 Å².